The summed E-state index contributed by atoms with van der Waals surface area (Å²) in [4.78, 5) is 20.9. The first kappa shape index (κ1) is 17.5. The van der Waals surface area contributed by atoms with Gasteiger partial charge < -0.3 is 14.8 Å². The highest BCUT2D eigenvalue weighted by atomic mass is 16.5. The molecule has 138 valence electrons. The maximum Gasteiger partial charge on any atom is 0.343 e. The van der Waals surface area contributed by atoms with Gasteiger partial charge in [-0.25, -0.2) is 14.8 Å². The first-order valence-corrected chi connectivity index (χ1v) is 8.66. The number of fused-ring (bicyclic) bond motifs is 1. The fraction of sp³-hybridized carbons (Fsp3) is 0.0455. The van der Waals surface area contributed by atoms with E-state index in [1.54, 1.807) is 43.5 Å². The number of aromatic nitrogens is 2. The molecule has 0 saturated heterocycles. The third-order valence-electron chi connectivity index (χ3n) is 4.18. The van der Waals surface area contributed by atoms with Gasteiger partial charge in [-0.1, -0.05) is 18.2 Å². The molecule has 28 heavy (non-hydrogen) atoms. The maximum atomic E-state index is 12.4. The summed E-state index contributed by atoms with van der Waals surface area (Å²) in [5.74, 6) is 1.36. The highest BCUT2D eigenvalue weighted by Gasteiger charge is 2.10. The van der Waals surface area contributed by atoms with Crippen molar-refractivity contribution >= 4 is 28.4 Å². The molecule has 0 spiro atoms. The number of rotatable bonds is 5. The van der Waals surface area contributed by atoms with Crippen molar-refractivity contribution in [3.63, 3.8) is 0 Å². The average molecular weight is 371 g/mol. The summed E-state index contributed by atoms with van der Waals surface area (Å²) in [5, 5.41) is 4.16. The summed E-state index contributed by atoms with van der Waals surface area (Å²) < 4.78 is 10.6. The van der Waals surface area contributed by atoms with Crippen LogP contribution < -0.4 is 14.8 Å². The number of anilines is 2. The highest BCUT2D eigenvalue weighted by Crippen LogP contribution is 2.25. The Kier molecular flexibility index (Phi) is 4.84. The summed E-state index contributed by atoms with van der Waals surface area (Å²) >= 11 is 0. The van der Waals surface area contributed by atoms with Crippen LogP contribution in [0.2, 0.25) is 0 Å². The molecule has 1 heterocycles. The van der Waals surface area contributed by atoms with E-state index in [1.165, 1.54) is 6.33 Å². The number of para-hydroxylation sites is 1. The number of hydrogen-bond donors (Lipinski definition) is 1. The third kappa shape index (κ3) is 3.76. The van der Waals surface area contributed by atoms with Gasteiger partial charge in [0.1, 0.15) is 23.6 Å². The molecule has 0 fully saturated rings. The zero-order valence-corrected chi connectivity index (χ0v) is 15.1. The third-order valence-corrected chi connectivity index (χ3v) is 4.18. The molecule has 0 aliphatic rings. The lowest BCUT2D eigenvalue weighted by molar-refractivity contribution is 0.0735. The number of nitrogens with one attached hydrogen (secondary N) is 1. The van der Waals surface area contributed by atoms with Gasteiger partial charge in [0, 0.05) is 17.1 Å². The molecule has 0 aliphatic carbocycles. The fourth-order valence-corrected chi connectivity index (χ4v) is 2.77. The number of benzene rings is 3. The monoisotopic (exact) mass is 371 g/mol. The van der Waals surface area contributed by atoms with Crippen LogP contribution in [0.1, 0.15) is 10.4 Å². The number of nitrogens with zero attached hydrogens (tertiary/aromatic N) is 2. The molecule has 0 amide bonds. The van der Waals surface area contributed by atoms with Crippen molar-refractivity contribution in [2.24, 2.45) is 0 Å². The molecular formula is C22H17N3O3. The molecule has 0 unspecified atom stereocenters. The fourth-order valence-electron chi connectivity index (χ4n) is 2.77. The summed E-state index contributed by atoms with van der Waals surface area (Å²) in [6, 6.07) is 21.7. The lowest BCUT2D eigenvalue weighted by Crippen LogP contribution is -2.08. The Morgan fingerprint density at radius 2 is 1.71 bits per heavy atom. The first-order chi connectivity index (χ1) is 13.7. The molecule has 0 saturated carbocycles. The number of ether oxygens (including phenoxy) is 2. The van der Waals surface area contributed by atoms with Crippen LogP contribution in [0, 0.1) is 0 Å². The lowest BCUT2D eigenvalue weighted by Gasteiger charge is -2.10. The van der Waals surface area contributed by atoms with Crippen LogP contribution in [0.4, 0.5) is 11.5 Å². The Hall–Kier alpha value is -3.93. The largest absolute Gasteiger partial charge is 0.497 e. The second kappa shape index (κ2) is 7.75. The molecule has 0 bridgehead atoms. The van der Waals surface area contributed by atoms with Crippen molar-refractivity contribution in [2.75, 3.05) is 12.4 Å². The number of methoxy groups -OCH3 is 1. The molecule has 1 N–H and O–H groups in total. The van der Waals surface area contributed by atoms with Gasteiger partial charge in [-0.05, 0) is 48.5 Å². The molecule has 0 atom stereocenters. The minimum atomic E-state index is -0.438. The molecule has 0 aliphatic heterocycles. The highest BCUT2D eigenvalue weighted by molar-refractivity contribution is 5.92. The van der Waals surface area contributed by atoms with Gasteiger partial charge in [-0.3, -0.25) is 0 Å². The summed E-state index contributed by atoms with van der Waals surface area (Å²) in [7, 11) is 1.58. The number of hydrogen-bond acceptors (Lipinski definition) is 6. The molecule has 4 aromatic rings. The Morgan fingerprint density at radius 3 is 2.54 bits per heavy atom. The minimum absolute atomic E-state index is 0.434. The van der Waals surface area contributed by atoms with Crippen LogP contribution in [0.5, 0.6) is 11.5 Å². The van der Waals surface area contributed by atoms with Gasteiger partial charge in [0.15, 0.2) is 0 Å². The van der Waals surface area contributed by atoms with Crippen LogP contribution in [-0.2, 0) is 0 Å². The normalized spacial score (nSPS) is 10.5. The van der Waals surface area contributed by atoms with Gasteiger partial charge >= 0.3 is 5.97 Å². The zero-order valence-electron chi connectivity index (χ0n) is 15.1. The molecular weight excluding hydrogens is 354 g/mol. The minimum Gasteiger partial charge on any atom is -0.497 e. The van der Waals surface area contributed by atoms with E-state index in [2.05, 4.69) is 15.3 Å². The van der Waals surface area contributed by atoms with Gasteiger partial charge in [0.05, 0.1) is 18.2 Å². The molecule has 6 heteroatoms. The summed E-state index contributed by atoms with van der Waals surface area (Å²) in [6.07, 6.45) is 1.51. The summed E-state index contributed by atoms with van der Waals surface area (Å²) in [6.45, 7) is 0. The number of carbonyl (C=O) groups excluding carboxylic acids is 1. The standard InChI is InChI=1S/C22H17N3O3/c1-27-17-11-9-15(10-12-17)22(26)28-18-6-4-5-16(13-18)25-21-19-7-2-3-8-20(19)23-14-24-21/h2-14H,1H3,(H,23,24,25). The Labute approximate surface area is 161 Å². The van der Waals surface area contributed by atoms with E-state index in [4.69, 9.17) is 9.47 Å². The molecule has 6 nitrogen and oxygen atoms in total. The average Bonchev–Trinajstić information content (AvgIpc) is 2.74. The van der Waals surface area contributed by atoms with E-state index in [1.807, 2.05) is 36.4 Å². The van der Waals surface area contributed by atoms with Crippen molar-refractivity contribution < 1.29 is 14.3 Å². The van der Waals surface area contributed by atoms with Gasteiger partial charge in [0.2, 0.25) is 0 Å². The molecule has 0 radical (unpaired) electrons. The van der Waals surface area contributed by atoms with Crippen LogP contribution in [0.3, 0.4) is 0 Å². The second-order valence-electron chi connectivity index (χ2n) is 6.01. The van der Waals surface area contributed by atoms with Crippen LogP contribution >= 0.6 is 0 Å². The predicted molar refractivity (Wildman–Crippen MR) is 107 cm³/mol. The van der Waals surface area contributed by atoms with Crippen LogP contribution in [0.15, 0.2) is 79.1 Å². The topological polar surface area (TPSA) is 73.3 Å². The molecule has 4 rings (SSSR count). The SMILES string of the molecule is COc1ccc(C(=O)Oc2cccc(Nc3ncnc4ccccc34)c2)cc1. The Morgan fingerprint density at radius 1 is 0.893 bits per heavy atom. The Bertz CT molecular complexity index is 1120. The number of carbonyl (C=O) groups is 1. The second-order valence-corrected chi connectivity index (χ2v) is 6.01. The predicted octanol–water partition coefficient (Wildman–Crippen LogP) is 4.60. The van der Waals surface area contributed by atoms with Crippen molar-refractivity contribution in [1.29, 1.82) is 0 Å². The Balaban J connectivity index is 1.53. The number of esters is 1. The van der Waals surface area contributed by atoms with Crippen molar-refractivity contribution in [2.45, 2.75) is 0 Å². The van der Waals surface area contributed by atoms with E-state index in [0.29, 0.717) is 22.9 Å². The zero-order chi connectivity index (χ0) is 19.3. The van der Waals surface area contributed by atoms with E-state index in [9.17, 15) is 4.79 Å². The van der Waals surface area contributed by atoms with E-state index in [-0.39, 0.29) is 0 Å². The van der Waals surface area contributed by atoms with Crippen LogP contribution in [-0.4, -0.2) is 23.0 Å². The van der Waals surface area contributed by atoms with Crippen molar-refractivity contribution in [3.8, 4) is 11.5 Å². The smallest absolute Gasteiger partial charge is 0.343 e. The maximum absolute atomic E-state index is 12.4. The first-order valence-electron chi connectivity index (χ1n) is 8.66. The van der Waals surface area contributed by atoms with E-state index < -0.39 is 5.97 Å². The van der Waals surface area contributed by atoms with E-state index >= 15 is 0 Å². The molecule has 1 aromatic heterocycles. The molecule has 3 aromatic carbocycles. The van der Waals surface area contributed by atoms with Gasteiger partial charge in [-0.15, -0.1) is 0 Å². The lowest BCUT2D eigenvalue weighted by atomic mass is 10.2. The van der Waals surface area contributed by atoms with Crippen LogP contribution in [0.25, 0.3) is 10.9 Å². The quantitative estimate of drug-likeness (QED) is 0.408. The van der Waals surface area contributed by atoms with E-state index in [0.717, 1.165) is 16.6 Å². The summed E-state index contributed by atoms with van der Waals surface area (Å²) in [5.41, 5.74) is 2.05. The van der Waals surface area contributed by atoms with Gasteiger partial charge in [0.25, 0.3) is 0 Å². The van der Waals surface area contributed by atoms with Crippen molar-refractivity contribution in [3.05, 3.63) is 84.7 Å². The van der Waals surface area contributed by atoms with Crippen molar-refractivity contribution in [1.82, 2.24) is 9.97 Å². The van der Waals surface area contributed by atoms with Gasteiger partial charge in [-0.2, -0.15) is 0 Å².